The average Bonchev–Trinajstić information content (AvgIpc) is 2.54. The first kappa shape index (κ1) is 15.8. The van der Waals surface area contributed by atoms with Crippen molar-refractivity contribution in [2.24, 2.45) is 0 Å². The van der Waals surface area contributed by atoms with Crippen LogP contribution in [0.2, 0.25) is 0 Å². The van der Waals surface area contributed by atoms with Gasteiger partial charge in [0.05, 0.1) is 12.2 Å². The molecule has 3 nitrogen and oxygen atoms in total. The molecule has 0 spiro atoms. The highest BCUT2D eigenvalue weighted by Gasteiger charge is 2.23. The second-order valence-corrected chi connectivity index (χ2v) is 6.15. The predicted molar refractivity (Wildman–Crippen MR) is 92.4 cm³/mol. The van der Waals surface area contributed by atoms with Crippen molar-refractivity contribution in [3.63, 3.8) is 0 Å². The molecule has 2 aromatic carbocycles. The van der Waals surface area contributed by atoms with Gasteiger partial charge in [-0.25, -0.2) is 4.39 Å². The molecule has 2 aromatic rings. The molecule has 1 aliphatic rings. The highest BCUT2D eigenvalue weighted by atomic mass is 19.1. The molecule has 3 rings (SSSR count). The van der Waals surface area contributed by atoms with Gasteiger partial charge in [0, 0.05) is 31.0 Å². The van der Waals surface area contributed by atoms with Gasteiger partial charge in [0.25, 0.3) is 0 Å². The third-order valence-corrected chi connectivity index (χ3v) is 4.08. The molecule has 1 fully saturated rings. The van der Waals surface area contributed by atoms with Gasteiger partial charge in [-0.3, -0.25) is 0 Å². The van der Waals surface area contributed by atoms with Crippen LogP contribution in [0, 0.1) is 5.82 Å². The van der Waals surface area contributed by atoms with E-state index in [2.05, 4.69) is 48.3 Å². The second kappa shape index (κ2) is 7.01. The van der Waals surface area contributed by atoms with Crippen molar-refractivity contribution in [3.05, 3.63) is 59.9 Å². The number of para-hydroxylation sites is 1. The number of hydrogen-bond donors (Lipinski definition) is 1. The molecular weight excluding hydrogens is 291 g/mol. The maximum atomic E-state index is 13.0. The van der Waals surface area contributed by atoms with E-state index in [0.717, 1.165) is 18.8 Å². The maximum absolute atomic E-state index is 13.0. The highest BCUT2D eigenvalue weighted by Crippen LogP contribution is 2.25. The largest absolute Gasteiger partial charge is 0.381 e. The Bertz CT molecular complexity index is 634. The van der Waals surface area contributed by atoms with Gasteiger partial charge in [-0.15, -0.1) is 0 Å². The third-order valence-electron chi connectivity index (χ3n) is 4.08. The molecule has 1 aliphatic heterocycles. The summed E-state index contributed by atoms with van der Waals surface area (Å²) < 4.78 is 18.8. The van der Waals surface area contributed by atoms with Crippen LogP contribution < -0.4 is 10.2 Å². The standard InChI is InChI=1S/C19H23FN2O/c1-14-12-22(13-15(2)23-14)19-6-4-3-5-16(19)11-21-18-9-7-17(20)8-10-18/h3-10,14-15,21H,11-13H2,1-2H3/t14-,15-/m0/s1. The first-order valence-electron chi connectivity index (χ1n) is 8.09. The van der Waals surface area contributed by atoms with Gasteiger partial charge in [-0.2, -0.15) is 0 Å². The zero-order valence-corrected chi connectivity index (χ0v) is 13.6. The van der Waals surface area contributed by atoms with Crippen molar-refractivity contribution in [2.75, 3.05) is 23.3 Å². The monoisotopic (exact) mass is 314 g/mol. The van der Waals surface area contributed by atoms with E-state index in [4.69, 9.17) is 4.74 Å². The molecule has 23 heavy (non-hydrogen) atoms. The van der Waals surface area contributed by atoms with Crippen molar-refractivity contribution >= 4 is 11.4 Å². The van der Waals surface area contributed by atoms with E-state index in [9.17, 15) is 4.39 Å². The fourth-order valence-electron chi connectivity index (χ4n) is 3.11. The first-order chi connectivity index (χ1) is 11.1. The molecule has 122 valence electrons. The Labute approximate surface area is 137 Å². The molecule has 0 bridgehead atoms. The average molecular weight is 314 g/mol. The van der Waals surface area contributed by atoms with Gasteiger partial charge in [-0.1, -0.05) is 18.2 Å². The first-order valence-corrected chi connectivity index (χ1v) is 8.09. The number of nitrogens with one attached hydrogen (secondary N) is 1. The summed E-state index contributed by atoms with van der Waals surface area (Å²) in [7, 11) is 0. The number of benzene rings is 2. The molecular formula is C19H23FN2O. The summed E-state index contributed by atoms with van der Waals surface area (Å²) >= 11 is 0. The summed E-state index contributed by atoms with van der Waals surface area (Å²) in [5, 5.41) is 3.37. The highest BCUT2D eigenvalue weighted by molar-refractivity contribution is 5.56. The minimum atomic E-state index is -0.216. The zero-order valence-electron chi connectivity index (χ0n) is 13.6. The Balaban J connectivity index is 1.74. The molecule has 1 N–H and O–H groups in total. The molecule has 0 aromatic heterocycles. The number of ether oxygens (including phenoxy) is 1. The van der Waals surface area contributed by atoms with Crippen LogP contribution in [0.1, 0.15) is 19.4 Å². The predicted octanol–water partition coefficient (Wildman–Crippen LogP) is 4.05. The topological polar surface area (TPSA) is 24.5 Å². The number of nitrogens with zero attached hydrogens (tertiary/aromatic N) is 1. The van der Waals surface area contributed by atoms with Crippen molar-refractivity contribution < 1.29 is 9.13 Å². The molecule has 0 aliphatic carbocycles. The van der Waals surface area contributed by atoms with Gasteiger partial charge in [0.1, 0.15) is 5.82 Å². The lowest BCUT2D eigenvalue weighted by atomic mass is 10.1. The van der Waals surface area contributed by atoms with Crippen LogP contribution in [0.15, 0.2) is 48.5 Å². The number of halogens is 1. The number of rotatable bonds is 4. The van der Waals surface area contributed by atoms with Crippen LogP contribution in [-0.4, -0.2) is 25.3 Å². The SMILES string of the molecule is C[C@H]1CN(c2ccccc2CNc2ccc(F)cc2)C[C@H](C)O1. The van der Waals surface area contributed by atoms with Crippen LogP contribution in [0.5, 0.6) is 0 Å². The lowest BCUT2D eigenvalue weighted by molar-refractivity contribution is -0.00525. The van der Waals surface area contributed by atoms with Crippen LogP contribution in [0.25, 0.3) is 0 Å². The molecule has 4 heteroatoms. The zero-order chi connectivity index (χ0) is 16.2. The van der Waals surface area contributed by atoms with Gasteiger partial charge in [0.2, 0.25) is 0 Å². The molecule has 0 radical (unpaired) electrons. The van der Waals surface area contributed by atoms with E-state index in [1.165, 1.54) is 23.4 Å². The van der Waals surface area contributed by atoms with Gasteiger partial charge >= 0.3 is 0 Å². The smallest absolute Gasteiger partial charge is 0.123 e. The molecule has 0 saturated carbocycles. The minimum Gasteiger partial charge on any atom is -0.381 e. The molecule has 1 heterocycles. The molecule has 0 unspecified atom stereocenters. The van der Waals surface area contributed by atoms with Crippen LogP contribution in [0.3, 0.4) is 0 Å². The van der Waals surface area contributed by atoms with Crippen molar-refractivity contribution in [3.8, 4) is 0 Å². The van der Waals surface area contributed by atoms with Crippen LogP contribution in [-0.2, 0) is 11.3 Å². The van der Waals surface area contributed by atoms with Crippen molar-refractivity contribution in [1.82, 2.24) is 0 Å². The van der Waals surface area contributed by atoms with E-state index in [1.807, 2.05) is 0 Å². The van der Waals surface area contributed by atoms with E-state index in [0.29, 0.717) is 6.54 Å². The van der Waals surface area contributed by atoms with Crippen molar-refractivity contribution in [2.45, 2.75) is 32.6 Å². The second-order valence-electron chi connectivity index (χ2n) is 6.15. The molecule has 0 amide bonds. The fraction of sp³-hybridized carbons (Fsp3) is 0.368. The summed E-state index contributed by atoms with van der Waals surface area (Å²) in [5.41, 5.74) is 3.40. The molecule has 1 saturated heterocycles. The van der Waals surface area contributed by atoms with Crippen LogP contribution in [0.4, 0.5) is 15.8 Å². The number of anilines is 2. The van der Waals surface area contributed by atoms with E-state index in [-0.39, 0.29) is 18.0 Å². The van der Waals surface area contributed by atoms with Crippen LogP contribution >= 0.6 is 0 Å². The molecule has 2 atom stereocenters. The van der Waals surface area contributed by atoms with Crippen molar-refractivity contribution in [1.29, 1.82) is 0 Å². The summed E-state index contributed by atoms with van der Waals surface area (Å²) in [5.74, 6) is -0.216. The lowest BCUT2D eigenvalue weighted by Crippen LogP contribution is -2.45. The fourth-order valence-corrected chi connectivity index (χ4v) is 3.11. The number of hydrogen-bond acceptors (Lipinski definition) is 3. The van der Waals surface area contributed by atoms with E-state index < -0.39 is 0 Å². The normalized spacial score (nSPS) is 21.3. The summed E-state index contributed by atoms with van der Waals surface area (Å²) in [6.45, 7) is 6.74. The Hall–Kier alpha value is -2.07. The maximum Gasteiger partial charge on any atom is 0.123 e. The summed E-state index contributed by atoms with van der Waals surface area (Å²) in [6.07, 6.45) is 0.466. The van der Waals surface area contributed by atoms with Gasteiger partial charge in [-0.05, 0) is 49.7 Å². The minimum absolute atomic E-state index is 0.216. The summed E-state index contributed by atoms with van der Waals surface area (Å²) in [6, 6.07) is 14.9. The Kier molecular flexibility index (Phi) is 4.82. The number of morpholine rings is 1. The third kappa shape index (κ3) is 4.02. The quantitative estimate of drug-likeness (QED) is 0.921. The van der Waals surface area contributed by atoms with E-state index >= 15 is 0 Å². The van der Waals surface area contributed by atoms with E-state index in [1.54, 1.807) is 12.1 Å². The summed E-state index contributed by atoms with van der Waals surface area (Å²) in [4.78, 5) is 2.39. The lowest BCUT2D eigenvalue weighted by Gasteiger charge is -2.37. The Morgan fingerprint density at radius 2 is 1.70 bits per heavy atom. The van der Waals surface area contributed by atoms with Gasteiger partial charge in [0.15, 0.2) is 0 Å². The Morgan fingerprint density at radius 3 is 2.39 bits per heavy atom. The van der Waals surface area contributed by atoms with Gasteiger partial charge < -0.3 is 15.0 Å². The Morgan fingerprint density at radius 1 is 1.04 bits per heavy atom.